The van der Waals surface area contributed by atoms with Gasteiger partial charge in [-0.25, -0.2) is 4.79 Å². The molecule has 0 bridgehead atoms. The third kappa shape index (κ3) is 6.25. The van der Waals surface area contributed by atoms with Crippen LogP contribution in [-0.2, 0) is 16.1 Å². The molecule has 104 valence electrons. The standard InChI is InChI=1S/C14H18ClNO3/c1-10(2)8-12(13(15)17)16-14(18)19-9-11-6-4-3-5-7-11/h3-7,10,12H,8-9H2,1-2H3,(H,16,18)/t12-/m0/s1. The Morgan fingerprint density at radius 3 is 2.42 bits per heavy atom. The van der Waals surface area contributed by atoms with Crippen LogP contribution in [0.2, 0.25) is 0 Å². The number of carbonyl (C=O) groups is 2. The van der Waals surface area contributed by atoms with Crippen LogP contribution in [0.5, 0.6) is 0 Å². The van der Waals surface area contributed by atoms with Gasteiger partial charge in [0.1, 0.15) is 12.6 Å². The lowest BCUT2D eigenvalue weighted by Gasteiger charge is -2.16. The Morgan fingerprint density at radius 2 is 1.89 bits per heavy atom. The van der Waals surface area contributed by atoms with Crippen molar-refractivity contribution in [3.63, 3.8) is 0 Å². The molecule has 0 unspecified atom stereocenters. The molecule has 0 heterocycles. The van der Waals surface area contributed by atoms with Crippen LogP contribution in [0.25, 0.3) is 0 Å². The molecule has 1 aromatic carbocycles. The van der Waals surface area contributed by atoms with Gasteiger partial charge in [0.15, 0.2) is 0 Å². The highest BCUT2D eigenvalue weighted by atomic mass is 35.5. The van der Waals surface area contributed by atoms with E-state index in [0.717, 1.165) is 5.56 Å². The number of hydrogen-bond acceptors (Lipinski definition) is 3. The number of ether oxygens (including phenoxy) is 1. The average molecular weight is 284 g/mol. The van der Waals surface area contributed by atoms with Gasteiger partial charge in [0, 0.05) is 0 Å². The van der Waals surface area contributed by atoms with Crippen LogP contribution in [0.1, 0.15) is 25.8 Å². The SMILES string of the molecule is CC(C)C[C@H](NC(=O)OCc1ccccc1)C(=O)Cl. The predicted molar refractivity (Wildman–Crippen MR) is 73.9 cm³/mol. The van der Waals surface area contributed by atoms with E-state index in [2.05, 4.69) is 5.32 Å². The molecular weight excluding hydrogens is 266 g/mol. The van der Waals surface area contributed by atoms with Crippen molar-refractivity contribution in [3.05, 3.63) is 35.9 Å². The predicted octanol–water partition coefficient (Wildman–Crippen LogP) is 3.09. The van der Waals surface area contributed by atoms with Crippen molar-refractivity contribution in [1.29, 1.82) is 0 Å². The van der Waals surface area contributed by atoms with Crippen molar-refractivity contribution in [2.24, 2.45) is 5.92 Å². The van der Waals surface area contributed by atoms with Gasteiger partial charge >= 0.3 is 6.09 Å². The summed E-state index contributed by atoms with van der Waals surface area (Å²) in [5.74, 6) is 0.252. The van der Waals surface area contributed by atoms with E-state index in [1.165, 1.54) is 0 Å². The van der Waals surface area contributed by atoms with Gasteiger partial charge < -0.3 is 10.1 Å². The largest absolute Gasteiger partial charge is 0.445 e. The van der Waals surface area contributed by atoms with Crippen LogP contribution in [0.4, 0.5) is 4.79 Å². The minimum atomic E-state index is -0.704. The second-order valence-electron chi connectivity index (χ2n) is 4.69. The molecule has 0 saturated heterocycles. The lowest BCUT2D eigenvalue weighted by Crippen LogP contribution is -2.40. The summed E-state index contributed by atoms with van der Waals surface area (Å²) in [5, 5.41) is 1.90. The summed E-state index contributed by atoms with van der Waals surface area (Å²) >= 11 is 5.44. The van der Waals surface area contributed by atoms with Crippen molar-refractivity contribution in [2.45, 2.75) is 32.9 Å². The molecule has 0 spiro atoms. The van der Waals surface area contributed by atoms with Gasteiger partial charge in [-0.1, -0.05) is 44.2 Å². The number of hydrogen-bond donors (Lipinski definition) is 1. The summed E-state index contributed by atoms with van der Waals surface area (Å²) in [5.41, 5.74) is 0.884. The minimum Gasteiger partial charge on any atom is -0.445 e. The van der Waals surface area contributed by atoms with Crippen molar-refractivity contribution >= 4 is 22.9 Å². The molecule has 0 aromatic heterocycles. The molecule has 0 aliphatic heterocycles. The number of halogens is 1. The first-order valence-electron chi connectivity index (χ1n) is 6.15. The maximum atomic E-state index is 11.6. The molecule has 0 fully saturated rings. The summed E-state index contributed by atoms with van der Waals surface area (Å²) in [6.45, 7) is 4.06. The zero-order valence-electron chi connectivity index (χ0n) is 11.1. The maximum Gasteiger partial charge on any atom is 0.408 e. The number of rotatable bonds is 6. The molecule has 1 amide bonds. The van der Waals surface area contributed by atoms with Gasteiger partial charge in [-0.15, -0.1) is 0 Å². The zero-order valence-corrected chi connectivity index (χ0v) is 11.8. The Kier molecular flexibility index (Phi) is 6.36. The molecule has 1 rings (SSSR count). The van der Waals surface area contributed by atoms with Crippen LogP contribution in [0.3, 0.4) is 0 Å². The van der Waals surface area contributed by atoms with E-state index < -0.39 is 17.4 Å². The zero-order chi connectivity index (χ0) is 14.3. The fourth-order valence-electron chi connectivity index (χ4n) is 1.59. The first-order chi connectivity index (χ1) is 8.99. The highest BCUT2D eigenvalue weighted by Crippen LogP contribution is 2.08. The highest BCUT2D eigenvalue weighted by molar-refractivity contribution is 6.64. The number of carbonyl (C=O) groups excluding carboxylic acids is 2. The summed E-state index contributed by atoms with van der Waals surface area (Å²) < 4.78 is 5.03. The van der Waals surface area contributed by atoms with Crippen LogP contribution >= 0.6 is 11.6 Å². The highest BCUT2D eigenvalue weighted by Gasteiger charge is 2.20. The quantitative estimate of drug-likeness (QED) is 0.816. The second kappa shape index (κ2) is 7.79. The molecule has 0 saturated carbocycles. The van der Waals surface area contributed by atoms with E-state index in [9.17, 15) is 9.59 Å². The van der Waals surface area contributed by atoms with Gasteiger partial charge in [-0.05, 0) is 29.5 Å². The molecule has 0 aliphatic rings. The van der Waals surface area contributed by atoms with E-state index >= 15 is 0 Å². The Morgan fingerprint density at radius 1 is 1.26 bits per heavy atom. The molecule has 1 aromatic rings. The molecule has 19 heavy (non-hydrogen) atoms. The molecule has 1 atom stereocenters. The van der Waals surface area contributed by atoms with E-state index in [4.69, 9.17) is 16.3 Å². The lowest BCUT2D eigenvalue weighted by molar-refractivity contribution is -0.113. The van der Waals surface area contributed by atoms with Crippen LogP contribution < -0.4 is 5.32 Å². The fraction of sp³-hybridized carbons (Fsp3) is 0.429. The van der Waals surface area contributed by atoms with Crippen molar-refractivity contribution < 1.29 is 14.3 Å². The Labute approximate surface area is 118 Å². The van der Waals surface area contributed by atoms with E-state index in [1.807, 2.05) is 44.2 Å². The van der Waals surface area contributed by atoms with Crippen molar-refractivity contribution in [1.82, 2.24) is 5.32 Å². The molecule has 0 aliphatic carbocycles. The minimum absolute atomic E-state index is 0.164. The third-order valence-corrected chi connectivity index (χ3v) is 2.75. The van der Waals surface area contributed by atoms with Gasteiger partial charge in [-0.2, -0.15) is 0 Å². The first kappa shape index (κ1) is 15.5. The third-order valence-electron chi connectivity index (χ3n) is 2.49. The topological polar surface area (TPSA) is 55.4 Å². The Balaban J connectivity index is 2.42. The fourth-order valence-corrected chi connectivity index (χ4v) is 1.73. The first-order valence-corrected chi connectivity index (χ1v) is 6.53. The van der Waals surface area contributed by atoms with Crippen LogP contribution in [0, 0.1) is 5.92 Å². The monoisotopic (exact) mass is 283 g/mol. The molecule has 0 radical (unpaired) electrons. The van der Waals surface area contributed by atoms with E-state index in [-0.39, 0.29) is 12.5 Å². The Bertz CT molecular complexity index is 420. The van der Waals surface area contributed by atoms with Gasteiger partial charge in [0.25, 0.3) is 0 Å². The molecule has 5 heteroatoms. The molecule has 1 N–H and O–H groups in total. The van der Waals surface area contributed by atoms with Gasteiger partial charge in [-0.3, -0.25) is 4.79 Å². The number of amides is 1. The molecular formula is C14H18ClNO3. The summed E-state index contributed by atoms with van der Waals surface area (Å²) in [6.07, 6.45) is -0.147. The second-order valence-corrected chi connectivity index (χ2v) is 5.06. The van der Waals surface area contributed by atoms with E-state index in [1.54, 1.807) is 0 Å². The average Bonchev–Trinajstić information content (AvgIpc) is 2.36. The smallest absolute Gasteiger partial charge is 0.408 e. The number of benzene rings is 1. The van der Waals surface area contributed by atoms with E-state index in [0.29, 0.717) is 6.42 Å². The summed E-state index contributed by atoms with van der Waals surface area (Å²) in [4.78, 5) is 22.8. The normalized spacial score (nSPS) is 12.0. The lowest BCUT2D eigenvalue weighted by atomic mass is 10.1. The maximum absolute atomic E-state index is 11.6. The summed E-state index contributed by atoms with van der Waals surface area (Å²) in [7, 11) is 0. The van der Waals surface area contributed by atoms with Crippen LogP contribution in [-0.4, -0.2) is 17.4 Å². The Hall–Kier alpha value is -1.55. The van der Waals surface area contributed by atoms with Crippen molar-refractivity contribution in [2.75, 3.05) is 0 Å². The summed E-state index contributed by atoms with van der Waals surface area (Å²) in [6, 6.07) is 8.61. The molecule has 4 nitrogen and oxygen atoms in total. The van der Waals surface area contributed by atoms with Gasteiger partial charge in [0.2, 0.25) is 5.24 Å². The number of alkyl carbamates (subject to hydrolysis) is 1. The van der Waals surface area contributed by atoms with Gasteiger partial charge in [0.05, 0.1) is 0 Å². The van der Waals surface area contributed by atoms with Crippen molar-refractivity contribution in [3.8, 4) is 0 Å². The number of nitrogens with one attached hydrogen (secondary N) is 1. The van der Waals surface area contributed by atoms with Crippen LogP contribution in [0.15, 0.2) is 30.3 Å².